The summed E-state index contributed by atoms with van der Waals surface area (Å²) in [5.74, 6) is 0. The SMILES string of the molecule is CCOC(=O)P(=O)(O[Si](C)(C)C)c1ccccc1. The van der Waals surface area contributed by atoms with E-state index in [4.69, 9.17) is 8.95 Å². The lowest BCUT2D eigenvalue weighted by molar-refractivity contribution is 0.175. The molecule has 0 heterocycles. The number of ether oxygens (including phenoxy) is 1. The maximum atomic E-state index is 12.9. The van der Waals surface area contributed by atoms with Crippen LogP contribution in [0.5, 0.6) is 0 Å². The van der Waals surface area contributed by atoms with Crippen LogP contribution >= 0.6 is 7.37 Å². The van der Waals surface area contributed by atoms with E-state index < -0.39 is 21.4 Å². The molecule has 0 aromatic heterocycles. The smallest absolute Gasteiger partial charge is 0.395 e. The molecule has 1 rings (SSSR count). The van der Waals surface area contributed by atoms with Crippen molar-refractivity contribution in [3.8, 4) is 0 Å². The van der Waals surface area contributed by atoms with Gasteiger partial charge in [-0.2, -0.15) is 0 Å². The molecule has 1 aromatic rings. The number of hydrogen-bond donors (Lipinski definition) is 0. The van der Waals surface area contributed by atoms with Crippen molar-refractivity contribution >= 4 is 26.7 Å². The Hall–Kier alpha value is -0.903. The van der Waals surface area contributed by atoms with Crippen molar-refractivity contribution in [2.24, 2.45) is 0 Å². The molecule has 0 radical (unpaired) electrons. The summed E-state index contributed by atoms with van der Waals surface area (Å²) in [6, 6.07) is 8.53. The van der Waals surface area contributed by atoms with Crippen LogP contribution in [0.15, 0.2) is 30.3 Å². The van der Waals surface area contributed by atoms with Crippen LogP contribution < -0.4 is 5.30 Å². The average Bonchev–Trinajstić information content (AvgIpc) is 2.28. The molecule has 1 aromatic carbocycles. The molecule has 1 unspecified atom stereocenters. The Morgan fingerprint density at radius 2 is 1.78 bits per heavy atom. The Morgan fingerprint density at radius 1 is 1.22 bits per heavy atom. The standard InChI is InChI=1S/C12H19O4PSi/c1-5-15-12(13)17(14,16-18(2,3)4)11-9-7-6-8-10-11/h6-10H,5H2,1-4H3. The van der Waals surface area contributed by atoms with Crippen molar-refractivity contribution in [1.29, 1.82) is 0 Å². The van der Waals surface area contributed by atoms with Gasteiger partial charge in [0.2, 0.25) is 0 Å². The summed E-state index contributed by atoms with van der Waals surface area (Å²) >= 11 is 0. The molecule has 100 valence electrons. The second-order valence-electron chi connectivity index (χ2n) is 4.79. The lowest BCUT2D eigenvalue weighted by atomic mass is 10.4. The Morgan fingerprint density at radius 3 is 2.22 bits per heavy atom. The van der Waals surface area contributed by atoms with Crippen molar-refractivity contribution in [1.82, 2.24) is 0 Å². The molecule has 0 fully saturated rings. The first-order valence-corrected chi connectivity index (χ1v) is 10.9. The Balaban J connectivity index is 3.18. The highest BCUT2D eigenvalue weighted by Crippen LogP contribution is 2.50. The zero-order valence-corrected chi connectivity index (χ0v) is 13.1. The first kappa shape index (κ1) is 15.2. The summed E-state index contributed by atoms with van der Waals surface area (Å²) in [7, 11) is -5.73. The predicted molar refractivity (Wildman–Crippen MR) is 75.1 cm³/mol. The third kappa shape index (κ3) is 3.80. The van der Waals surface area contributed by atoms with Gasteiger partial charge in [-0.1, -0.05) is 18.2 Å². The molecule has 0 bridgehead atoms. The van der Waals surface area contributed by atoms with Gasteiger partial charge in [0.1, 0.15) is 0 Å². The first-order valence-electron chi connectivity index (χ1n) is 5.83. The van der Waals surface area contributed by atoms with Gasteiger partial charge in [0.25, 0.3) is 0 Å². The summed E-state index contributed by atoms with van der Waals surface area (Å²) < 4.78 is 23.4. The summed E-state index contributed by atoms with van der Waals surface area (Å²) in [5.41, 5.74) is -0.765. The van der Waals surface area contributed by atoms with Crippen LogP contribution in [-0.4, -0.2) is 20.6 Å². The number of hydrogen-bond acceptors (Lipinski definition) is 4. The van der Waals surface area contributed by atoms with Crippen LogP contribution in [0.1, 0.15) is 6.92 Å². The van der Waals surface area contributed by atoms with Gasteiger partial charge in [-0.05, 0) is 38.7 Å². The first-order chi connectivity index (χ1) is 8.29. The van der Waals surface area contributed by atoms with Crippen molar-refractivity contribution in [2.45, 2.75) is 26.6 Å². The maximum absolute atomic E-state index is 12.9. The molecular formula is C12H19O4PSi. The van der Waals surface area contributed by atoms with E-state index in [9.17, 15) is 9.36 Å². The van der Waals surface area contributed by atoms with E-state index in [-0.39, 0.29) is 6.61 Å². The molecule has 0 amide bonds. The Labute approximate surface area is 109 Å². The number of carbonyl (C=O) groups is 1. The quantitative estimate of drug-likeness (QED) is 0.613. The Bertz CT molecular complexity index is 453. The van der Waals surface area contributed by atoms with Gasteiger partial charge in [0.05, 0.1) is 6.61 Å². The van der Waals surface area contributed by atoms with Crippen LogP contribution in [0.3, 0.4) is 0 Å². The molecule has 0 aliphatic rings. The highest BCUT2D eigenvalue weighted by molar-refractivity contribution is 7.83. The van der Waals surface area contributed by atoms with Gasteiger partial charge in [0.15, 0.2) is 8.32 Å². The summed E-state index contributed by atoms with van der Waals surface area (Å²) in [4.78, 5) is 12.0. The highest BCUT2D eigenvalue weighted by atomic mass is 31.2. The minimum Gasteiger partial charge on any atom is -0.459 e. The minimum absolute atomic E-state index is 0.185. The van der Waals surface area contributed by atoms with E-state index in [0.29, 0.717) is 5.30 Å². The molecule has 6 heteroatoms. The van der Waals surface area contributed by atoms with Crippen molar-refractivity contribution in [2.75, 3.05) is 6.61 Å². The van der Waals surface area contributed by atoms with Gasteiger partial charge < -0.3 is 8.95 Å². The van der Waals surface area contributed by atoms with E-state index in [1.54, 1.807) is 37.3 Å². The molecule has 0 spiro atoms. The normalized spacial score (nSPS) is 14.9. The third-order valence-corrected chi connectivity index (χ3v) is 6.81. The predicted octanol–water partition coefficient (Wildman–Crippen LogP) is 3.60. The summed E-state index contributed by atoms with van der Waals surface area (Å²) in [5, 5.41) is 0.394. The fraction of sp³-hybridized carbons (Fsp3) is 0.417. The number of benzene rings is 1. The van der Waals surface area contributed by atoms with E-state index in [1.165, 1.54) is 0 Å². The van der Waals surface area contributed by atoms with Crippen LogP contribution in [0.2, 0.25) is 19.6 Å². The molecule has 1 atom stereocenters. The molecule has 0 aliphatic heterocycles. The zero-order chi connectivity index (χ0) is 13.8. The topological polar surface area (TPSA) is 52.6 Å². The highest BCUT2D eigenvalue weighted by Gasteiger charge is 2.41. The fourth-order valence-corrected chi connectivity index (χ4v) is 6.29. The van der Waals surface area contributed by atoms with Gasteiger partial charge in [-0.15, -0.1) is 0 Å². The van der Waals surface area contributed by atoms with E-state index >= 15 is 0 Å². The van der Waals surface area contributed by atoms with E-state index in [2.05, 4.69) is 0 Å². The zero-order valence-electron chi connectivity index (χ0n) is 11.2. The molecule has 0 saturated carbocycles. The minimum atomic E-state index is -3.60. The maximum Gasteiger partial charge on any atom is 0.395 e. The van der Waals surface area contributed by atoms with Gasteiger partial charge >= 0.3 is 13.1 Å². The van der Waals surface area contributed by atoms with Crippen molar-refractivity contribution in [3.05, 3.63) is 30.3 Å². The van der Waals surface area contributed by atoms with Crippen LogP contribution in [-0.2, 0) is 13.5 Å². The molecule has 0 N–H and O–H groups in total. The monoisotopic (exact) mass is 286 g/mol. The summed E-state index contributed by atoms with van der Waals surface area (Å²) in [6.07, 6.45) is 0. The lowest BCUT2D eigenvalue weighted by Gasteiger charge is -2.24. The fourth-order valence-electron chi connectivity index (χ4n) is 1.41. The molecule has 0 saturated heterocycles. The average molecular weight is 286 g/mol. The van der Waals surface area contributed by atoms with Gasteiger partial charge in [-0.3, -0.25) is 4.57 Å². The third-order valence-electron chi connectivity index (χ3n) is 2.01. The number of rotatable bonds is 5. The van der Waals surface area contributed by atoms with E-state index in [1.807, 2.05) is 19.6 Å². The van der Waals surface area contributed by atoms with Crippen molar-refractivity contribution in [3.63, 3.8) is 0 Å². The molecule has 0 aliphatic carbocycles. The van der Waals surface area contributed by atoms with Crippen LogP contribution in [0, 0.1) is 0 Å². The molecule has 4 nitrogen and oxygen atoms in total. The van der Waals surface area contributed by atoms with Crippen LogP contribution in [0.25, 0.3) is 0 Å². The largest absolute Gasteiger partial charge is 0.459 e. The van der Waals surface area contributed by atoms with E-state index in [0.717, 1.165) is 0 Å². The lowest BCUT2D eigenvalue weighted by Crippen LogP contribution is -2.29. The summed E-state index contributed by atoms with van der Waals surface area (Å²) in [6.45, 7) is 7.54. The molecule has 18 heavy (non-hydrogen) atoms. The van der Waals surface area contributed by atoms with Gasteiger partial charge in [0, 0.05) is 5.30 Å². The van der Waals surface area contributed by atoms with Crippen molar-refractivity contribution < 1.29 is 18.3 Å². The second kappa shape index (κ2) is 5.82. The van der Waals surface area contributed by atoms with Gasteiger partial charge in [-0.25, -0.2) is 4.79 Å². The second-order valence-corrected chi connectivity index (χ2v) is 11.7. The Kier molecular flexibility index (Phi) is 4.90. The van der Waals surface area contributed by atoms with Crippen LogP contribution in [0.4, 0.5) is 4.79 Å². The number of carbonyl (C=O) groups excluding carboxylic acids is 1. The molecular weight excluding hydrogens is 267 g/mol.